The number of carbonyl (C=O) groups is 2. The number of hydrogen-bond acceptors (Lipinski definition) is 5. The molecule has 6 heteroatoms. The van der Waals surface area contributed by atoms with Crippen molar-refractivity contribution in [2.45, 2.75) is 13.8 Å². The van der Waals surface area contributed by atoms with Crippen LogP contribution < -0.4 is 0 Å². The summed E-state index contributed by atoms with van der Waals surface area (Å²) in [5.41, 5.74) is 1.55. The minimum Gasteiger partial charge on any atom is -0.469 e. The molecule has 6 nitrogen and oxygen atoms in total. The Bertz CT molecular complexity index is 710. The van der Waals surface area contributed by atoms with Crippen LogP contribution >= 0.6 is 0 Å². The molecule has 0 radical (unpaired) electrons. The average Bonchev–Trinajstić information content (AvgIpc) is 2.55. The molecule has 23 heavy (non-hydrogen) atoms. The number of ether oxygens (including phenoxy) is 1. The maximum atomic E-state index is 12.1. The van der Waals surface area contributed by atoms with Crippen LogP contribution in [0.5, 0.6) is 0 Å². The third kappa shape index (κ3) is 5.35. The van der Waals surface area contributed by atoms with Crippen molar-refractivity contribution < 1.29 is 19.2 Å². The minimum absolute atomic E-state index is 0.0274. The molecule has 0 aliphatic heterocycles. The number of hydrogen-bond donors (Lipinski definition) is 0. The fourth-order valence-corrected chi connectivity index (χ4v) is 1.76. The monoisotopic (exact) mass is 315 g/mol. The molecule has 2 aromatic rings. The molecule has 0 saturated carbocycles. The second kappa shape index (κ2) is 8.43. The van der Waals surface area contributed by atoms with Crippen LogP contribution in [0.2, 0.25) is 0 Å². The van der Waals surface area contributed by atoms with E-state index >= 15 is 0 Å². The van der Waals surface area contributed by atoms with Crippen LogP contribution in [0.3, 0.4) is 0 Å². The first kappa shape index (κ1) is 18.0. The lowest BCUT2D eigenvalue weighted by atomic mass is 10.0. The Morgan fingerprint density at radius 2 is 1.61 bits per heavy atom. The maximum absolute atomic E-state index is 12.1. The van der Waals surface area contributed by atoms with Gasteiger partial charge in [0.1, 0.15) is 0 Å². The Labute approximate surface area is 133 Å². The predicted octanol–water partition coefficient (Wildman–Crippen LogP) is 3.31. The summed E-state index contributed by atoms with van der Waals surface area (Å²) in [6.45, 7) is 2.99. The number of aryl methyl sites for hydroxylation is 1. The van der Waals surface area contributed by atoms with Gasteiger partial charge < -0.3 is 4.74 Å². The number of methoxy groups -OCH3 is 1. The molecule has 0 aliphatic rings. The van der Waals surface area contributed by atoms with Crippen LogP contribution in [0.1, 0.15) is 28.4 Å². The molecule has 0 unspecified atom stereocenters. The fraction of sp³-hybridized carbons (Fsp3) is 0.176. The van der Waals surface area contributed by atoms with Crippen molar-refractivity contribution in [2.24, 2.45) is 0 Å². The van der Waals surface area contributed by atoms with Gasteiger partial charge in [0.25, 0.3) is 5.69 Å². The van der Waals surface area contributed by atoms with Crippen molar-refractivity contribution in [3.8, 4) is 0 Å². The van der Waals surface area contributed by atoms with Gasteiger partial charge in [-0.2, -0.15) is 0 Å². The molecule has 2 aromatic carbocycles. The standard InChI is InChI=1S/C14H11NO3.C3H6O2/c1-10-9-12(7-8-13(10)15(17)18)14(16)11-5-3-2-4-6-11;1-3(4)5-2/h2-9H,1H3;1-2H3. The number of esters is 1. The Morgan fingerprint density at radius 1 is 1.04 bits per heavy atom. The van der Waals surface area contributed by atoms with Gasteiger partial charge in [-0.1, -0.05) is 30.3 Å². The molecule has 0 bridgehead atoms. The molecule has 0 atom stereocenters. The lowest BCUT2D eigenvalue weighted by molar-refractivity contribution is -0.385. The number of benzene rings is 2. The number of ketones is 1. The van der Waals surface area contributed by atoms with Crippen molar-refractivity contribution in [1.82, 2.24) is 0 Å². The van der Waals surface area contributed by atoms with Crippen LogP contribution in [0.25, 0.3) is 0 Å². The molecule has 120 valence electrons. The smallest absolute Gasteiger partial charge is 0.302 e. The highest BCUT2D eigenvalue weighted by Gasteiger charge is 2.14. The summed E-state index contributed by atoms with van der Waals surface area (Å²) in [5.74, 6) is -0.376. The number of nitrogens with zero attached hydrogens (tertiary/aromatic N) is 1. The van der Waals surface area contributed by atoms with E-state index in [4.69, 9.17) is 0 Å². The predicted molar refractivity (Wildman–Crippen MR) is 85.4 cm³/mol. The Hall–Kier alpha value is -3.02. The molecular weight excluding hydrogens is 298 g/mol. The van der Waals surface area contributed by atoms with Crippen LogP contribution in [0, 0.1) is 17.0 Å². The molecule has 0 aromatic heterocycles. The molecule has 0 spiro atoms. The van der Waals surface area contributed by atoms with Crippen molar-refractivity contribution in [1.29, 1.82) is 0 Å². The summed E-state index contributed by atoms with van der Waals surface area (Å²) in [6.07, 6.45) is 0. The fourth-order valence-electron chi connectivity index (χ4n) is 1.76. The Kier molecular flexibility index (Phi) is 6.61. The highest BCUT2D eigenvalue weighted by Crippen LogP contribution is 2.20. The maximum Gasteiger partial charge on any atom is 0.302 e. The quantitative estimate of drug-likeness (QED) is 0.375. The number of nitro groups is 1. The summed E-state index contributed by atoms with van der Waals surface area (Å²) in [6, 6.07) is 13.2. The van der Waals surface area contributed by atoms with Crippen molar-refractivity contribution >= 4 is 17.4 Å². The average molecular weight is 315 g/mol. The van der Waals surface area contributed by atoms with Gasteiger partial charge in [-0.05, 0) is 19.1 Å². The first-order valence-electron chi connectivity index (χ1n) is 6.76. The van der Waals surface area contributed by atoms with E-state index < -0.39 is 4.92 Å². The van der Waals surface area contributed by atoms with Gasteiger partial charge in [0.15, 0.2) is 5.78 Å². The highest BCUT2D eigenvalue weighted by atomic mass is 16.6. The minimum atomic E-state index is -0.452. The van der Waals surface area contributed by atoms with E-state index in [9.17, 15) is 19.7 Å². The van der Waals surface area contributed by atoms with Crippen LogP contribution in [-0.2, 0) is 9.53 Å². The molecule has 0 fully saturated rings. The largest absolute Gasteiger partial charge is 0.469 e. The van der Waals surface area contributed by atoms with E-state index in [2.05, 4.69) is 4.74 Å². The first-order chi connectivity index (χ1) is 10.9. The van der Waals surface area contributed by atoms with Crippen molar-refractivity contribution in [3.05, 3.63) is 75.3 Å². The van der Waals surface area contributed by atoms with E-state index in [1.807, 2.05) is 6.07 Å². The zero-order valence-corrected chi connectivity index (χ0v) is 13.1. The lowest BCUT2D eigenvalue weighted by Crippen LogP contribution is -2.02. The zero-order valence-electron chi connectivity index (χ0n) is 13.1. The lowest BCUT2D eigenvalue weighted by Gasteiger charge is -2.03. The first-order valence-corrected chi connectivity index (χ1v) is 6.76. The van der Waals surface area contributed by atoms with E-state index in [-0.39, 0.29) is 17.4 Å². The van der Waals surface area contributed by atoms with Gasteiger partial charge in [0.05, 0.1) is 12.0 Å². The van der Waals surface area contributed by atoms with Gasteiger partial charge in [0, 0.05) is 29.7 Å². The number of rotatable bonds is 3. The van der Waals surface area contributed by atoms with Crippen molar-refractivity contribution in [2.75, 3.05) is 7.11 Å². The third-order valence-corrected chi connectivity index (χ3v) is 2.98. The van der Waals surface area contributed by atoms with Gasteiger partial charge in [-0.25, -0.2) is 0 Å². The van der Waals surface area contributed by atoms with Crippen LogP contribution in [0.4, 0.5) is 5.69 Å². The summed E-state index contributed by atoms with van der Waals surface area (Å²) in [4.78, 5) is 31.9. The molecule has 0 saturated heterocycles. The van der Waals surface area contributed by atoms with Gasteiger partial charge >= 0.3 is 5.97 Å². The highest BCUT2D eigenvalue weighted by molar-refractivity contribution is 6.09. The summed E-state index contributed by atoms with van der Waals surface area (Å²) in [5, 5.41) is 10.7. The van der Waals surface area contributed by atoms with Crippen LogP contribution in [-0.4, -0.2) is 23.8 Å². The molecule has 0 aliphatic carbocycles. The number of nitro benzene ring substituents is 1. The second-order valence-electron chi connectivity index (χ2n) is 4.65. The Morgan fingerprint density at radius 3 is 2.04 bits per heavy atom. The second-order valence-corrected chi connectivity index (χ2v) is 4.65. The van der Waals surface area contributed by atoms with Gasteiger partial charge in [-0.3, -0.25) is 19.7 Å². The molecular formula is C17H17NO5. The summed E-state index contributed by atoms with van der Waals surface area (Å²) < 4.78 is 4.11. The molecule has 0 heterocycles. The zero-order chi connectivity index (χ0) is 17.4. The van der Waals surface area contributed by atoms with Crippen LogP contribution in [0.15, 0.2) is 48.5 Å². The van der Waals surface area contributed by atoms with Gasteiger partial charge in [0.2, 0.25) is 0 Å². The SMILES string of the molecule is COC(C)=O.Cc1cc(C(=O)c2ccccc2)ccc1[N+](=O)[O-]. The topological polar surface area (TPSA) is 86.5 Å². The summed E-state index contributed by atoms with van der Waals surface area (Å²) >= 11 is 0. The van der Waals surface area contributed by atoms with Gasteiger partial charge in [-0.15, -0.1) is 0 Å². The van der Waals surface area contributed by atoms with E-state index in [1.54, 1.807) is 37.3 Å². The van der Waals surface area contributed by atoms with E-state index in [0.29, 0.717) is 16.7 Å². The normalized spacial score (nSPS) is 9.35. The summed E-state index contributed by atoms with van der Waals surface area (Å²) in [7, 11) is 1.35. The Balaban J connectivity index is 0.000000463. The third-order valence-electron chi connectivity index (χ3n) is 2.98. The molecule has 0 amide bonds. The molecule has 0 N–H and O–H groups in total. The molecule has 2 rings (SSSR count). The number of carbonyl (C=O) groups excluding carboxylic acids is 2. The van der Waals surface area contributed by atoms with E-state index in [1.165, 1.54) is 26.2 Å². The van der Waals surface area contributed by atoms with E-state index in [0.717, 1.165) is 0 Å². The van der Waals surface area contributed by atoms with Crippen molar-refractivity contribution in [3.63, 3.8) is 0 Å².